The summed E-state index contributed by atoms with van der Waals surface area (Å²) in [5.74, 6) is 2.00. The van der Waals surface area contributed by atoms with Crippen LogP contribution in [0.5, 0.6) is 5.75 Å². The van der Waals surface area contributed by atoms with Gasteiger partial charge >= 0.3 is 0 Å². The van der Waals surface area contributed by atoms with Gasteiger partial charge in [0.1, 0.15) is 5.75 Å². The molecule has 1 aromatic carbocycles. The van der Waals surface area contributed by atoms with Crippen LogP contribution in [-0.2, 0) is 17.4 Å². The van der Waals surface area contributed by atoms with Crippen LogP contribution >= 0.6 is 0 Å². The van der Waals surface area contributed by atoms with Gasteiger partial charge in [0.15, 0.2) is 0 Å². The molecule has 0 heterocycles. The molecule has 0 radical (unpaired) electrons. The fourth-order valence-corrected chi connectivity index (χ4v) is 6.23. The molecule has 0 aliphatic heterocycles. The lowest BCUT2D eigenvalue weighted by atomic mass is 9.50. The summed E-state index contributed by atoms with van der Waals surface area (Å²) in [6.45, 7) is 15.7. The van der Waals surface area contributed by atoms with Crippen molar-refractivity contribution in [1.29, 1.82) is 0 Å². The third kappa shape index (κ3) is 2.89. The monoisotopic (exact) mass is 358 g/mol. The van der Waals surface area contributed by atoms with Crippen LogP contribution in [0, 0.1) is 11.3 Å². The van der Waals surface area contributed by atoms with Gasteiger partial charge in [0.2, 0.25) is 0 Å². The first-order valence-corrected chi connectivity index (χ1v) is 10.4. The maximum Gasteiger partial charge on any atom is 0.128 e. The Morgan fingerprint density at radius 1 is 1.19 bits per heavy atom. The summed E-state index contributed by atoms with van der Waals surface area (Å²) in [4.78, 5) is 0. The summed E-state index contributed by atoms with van der Waals surface area (Å²) in [5, 5.41) is 10.9. The van der Waals surface area contributed by atoms with Crippen molar-refractivity contribution in [2.24, 2.45) is 11.3 Å². The number of fused-ring (bicyclic) bond motifs is 3. The molecule has 1 fully saturated rings. The Hall–Kier alpha value is -1.02. The third-order valence-corrected chi connectivity index (χ3v) is 7.40. The Kier molecular flexibility index (Phi) is 4.75. The van der Waals surface area contributed by atoms with Crippen LogP contribution in [0.15, 0.2) is 6.07 Å². The Bertz CT molecular complexity index is 693. The van der Waals surface area contributed by atoms with E-state index in [4.69, 9.17) is 4.74 Å². The van der Waals surface area contributed by atoms with Crippen molar-refractivity contribution >= 4 is 0 Å². The molecule has 26 heavy (non-hydrogen) atoms. The lowest BCUT2D eigenvalue weighted by molar-refractivity contribution is 0.0393. The van der Waals surface area contributed by atoms with Crippen LogP contribution in [0.1, 0.15) is 102 Å². The molecule has 2 nitrogen and oxygen atoms in total. The van der Waals surface area contributed by atoms with Crippen LogP contribution in [0.3, 0.4) is 0 Å². The molecule has 0 bridgehead atoms. The largest absolute Gasteiger partial charge is 0.496 e. The van der Waals surface area contributed by atoms with E-state index in [-0.39, 0.29) is 5.41 Å². The third-order valence-electron chi connectivity index (χ3n) is 7.40. The van der Waals surface area contributed by atoms with Crippen molar-refractivity contribution in [2.75, 3.05) is 7.11 Å². The van der Waals surface area contributed by atoms with Gasteiger partial charge in [-0.2, -0.15) is 0 Å². The fraction of sp³-hybridized carbons (Fsp3) is 0.750. The Labute approximate surface area is 160 Å². The zero-order valence-corrected chi connectivity index (χ0v) is 18.1. The van der Waals surface area contributed by atoms with Gasteiger partial charge in [-0.3, -0.25) is 0 Å². The van der Waals surface area contributed by atoms with Crippen molar-refractivity contribution in [3.63, 3.8) is 0 Å². The predicted octanol–water partition coefficient (Wildman–Crippen LogP) is 6.08. The highest BCUT2D eigenvalue weighted by Crippen LogP contribution is 2.59. The molecule has 3 rings (SSSR count). The average molecular weight is 359 g/mol. The second-order valence-electron chi connectivity index (χ2n) is 10.5. The topological polar surface area (TPSA) is 29.5 Å². The second kappa shape index (κ2) is 6.26. The molecule has 1 N–H and O–H groups in total. The quantitative estimate of drug-likeness (QED) is 0.710. The minimum Gasteiger partial charge on any atom is -0.496 e. The van der Waals surface area contributed by atoms with Gasteiger partial charge in [-0.05, 0) is 79.4 Å². The lowest BCUT2D eigenvalue weighted by Crippen LogP contribution is -2.48. The number of benzene rings is 1. The van der Waals surface area contributed by atoms with E-state index < -0.39 is 5.60 Å². The van der Waals surface area contributed by atoms with E-state index >= 15 is 0 Å². The minimum absolute atomic E-state index is 0.200. The Morgan fingerprint density at radius 2 is 1.85 bits per heavy atom. The molecule has 1 aromatic rings. The van der Waals surface area contributed by atoms with Crippen LogP contribution in [0.4, 0.5) is 0 Å². The molecular formula is C24H38O2. The first-order valence-electron chi connectivity index (χ1n) is 10.4. The minimum atomic E-state index is -0.905. The summed E-state index contributed by atoms with van der Waals surface area (Å²) < 4.78 is 5.88. The predicted molar refractivity (Wildman–Crippen MR) is 109 cm³/mol. The highest BCUT2D eigenvalue weighted by atomic mass is 16.5. The van der Waals surface area contributed by atoms with Gasteiger partial charge in [0.25, 0.3) is 0 Å². The highest BCUT2D eigenvalue weighted by Gasteiger charge is 2.50. The first kappa shape index (κ1) is 19.7. The molecule has 2 aliphatic carbocycles. The summed E-state index contributed by atoms with van der Waals surface area (Å²) in [7, 11) is 1.75. The number of hydrogen-bond acceptors (Lipinski definition) is 2. The standard InChI is InChI=1S/C24H38O2/c1-15(2)20-16-10-11-19-22(3,4)12-9-13-24(19,7)17(16)14-18(21(20)26-8)23(5,6)25/h14-15,19,25H,9-13H2,1-8H3/t19-,24+/m0/s1. The summed E-state index contributed by atoms with van der Waals surface area (Å²) >= 11 is 0. The maximum atomic E-state index is 10.9. The number of rotatable bonds is 3. The van der Waals surface area contributed by atoms with Crippen LogP contribution < -0.4 is 4.74 Å². The highest BCUT2D eigenvalue weighted by molar-refractivity contribution is 5.57. The van der Waals surface area contributed by atoms with E-state index in [1.54, 1.807) is 7.11 Å². The van der Waals surface area contributed by atoms with Crippen LogP contribution in [-0.4, -0.2) is 12.2 Å². The van der Waals surface area contributed by atoms with Crippen molar-refractivity contribution in [1.82, 2.24) is 0 Å². The fourth-order valence-electron chi connectivity index (χ4n) is 6.23. The summed E-state index contributed by atoms with van der Waals surface area (Å²) in [5.41, 5.74) is 4.95. The molecular weight excluding hydrogens is 320 g/mol. The number of methoxy groups -OCH3 is 1. The van der Waals surface area contributed by atoms with Crippen molar-refractivity contribution < 1.29 is 9.84 Å². The van der Waals surface area contributed by atoms with E-state index in [0.717, 1.165) is 17.7 Å². The molecule has 0 spiro atoms. The number of hydrogen-bond donors (Lipinski definition) is 1. The van der Waals surface area contributed by atoms with Gasteiger partial charge in [-0.25, -0.2) is 0 Å². The van der Waals surface area contributed by atoms with Crippen molar-refractivity contribution in [2.45, 2.75) is 97.5 Å². The Morgan fingerprint density at radius 3 is 2.38 bits per heavy atom. The van der Waals surface area contributed by atoms with Crippen LogP contribution in [0.2, 0.25) is 0 Å². The van der Waals surface area contributed by atoms with Gasteiger partial charge in [0.05, 0.1) is 12.7 Å². The molecule has 2 aliphatic rings. The van der Waals surface area contributed by atoms with Gasteiger partial charge in [-0.1, -0.05) is 41.0 Å². The van der Waals surface area contributed by atoms with Crippen LogP contribution in [0.25, 0.3) is 0 Å². The maximum absolute atomic E-state index is 10.9. The molecule has 0 aromatic heterocycles. The molecule has 0 unspecified atom stereocenters. The van der Waals surface area contributed by atoms with Crippen molar-refractivity contribution in [3.8, 4) is 5.75 Å². The second-order valence-corrected chi connectivity index (χ2v) is 10.5. The van der Waals surface area contributed by atoms with Gasteiger partial charge < -0.3 is 9.84 Å². The molecule has 0 amide bonds. The van der Waals surface area contributed by atoms with E-state index in [0.29, 0.717) is 17.3 Å². The molecule has 2 atom stereocenters. The molecule has 0 saturated heterocycles. The van der Waals surface area contributed by atoms with Gasteiger partial charge in [-0.15, -0.1) is 0 Å². The first-order chi connectivity index (χ1) is 11.9. The van der Waals surface area contributed by atoms with Gasteiger partial charge in [0, 0.05) is 11.1 Å². The zero-order valence-electron chi connectivity index (χ0n) is 18.1. The van der Waals surface area contributed by atoms with E-state index in [1.807, 2.05) is 13.8 Å². The summed E-state index contributed by atoms with van der Waals surface area (Å²) in [6, 6.07) is 2.30. The summed E-state index contributed by atoms with van der Waals surface area (Å²) in [6.07, 6.45) is 6.27. The number of ether oxygens (including phenoxy) is 1. The molecule has 2 heteroatoms. The smallest absolute Gasteiger partial charge is 0.128 e. The Balaban J connectivity index is 2.32. The zero-order chi connectivity index (χ0) is 19.5. The average Bonchev–Trinajstić information content (AvgIpc) is 2.51. The number of aliphatic hydroxyl groups is 1. The van der Waals surface area contributed by atoms with E-state index in [9.17, 15) is 5.11 Å². The normalized spacial score (nSPS) is 27.8. The molecule has 146 valence electrons. The van der Waals surface area contributed by atoms with Crippen molar-refractivity contribution in [3.05, 3.63) is 28.3 Å². The lowest BCUT2D eigenvalue weighted by Gasteiger charge is -2.55. The van der Waals surface area contributed by atoms with E-state index in [1.165, 1.54) is 42.4 Å². The van der Waals surface area contributed by atoms with E-state index in [2.05, 4.69) is 40.7 Å². The SMILES string of the molecule is COc1c(C(C)(C)O)cc2c(c1C(C)C)CC[C@H]1C(C)(C)CCC[C@]21C. The molecule has 1 saturated carbocycles.